The summed E-state index contributed by atoms with van der Waals surface area (Å²) in [7, 11) is 0. The number of carbonyl (C=O) groups is 1. The molecule has 3 rings (SSSR count). The van der Waals surface area contributed by atoms with Gasteiger partial charge in [0.2, 0.25) is 0 Å². The molecule has 0 fully saturated rings. The van der Waals surface area contributed by atoms with Crippen LogP contribution in [0.1, 0.15) is 50.9 Å². The molecule has 2 aromatic heterocycles. The van der Waals surface area contributed by atoms with Crippen LogP contribution in [0, 0.1) is 6.92 Å². The number of rotatable bonds is 7. The number of carbonyl (C=O) groups excluding carboxylic acids is 1. The number of aromatic nitrogens is 3. The maximum Gasteiger partial charge on any atom is 0.308 e. The molecule has 164 valence electrons. The Kier molecular flexibility index (Phi) is 7.01. The Morgan fingerprint density at radius 3 is 2.61 bits per heavy atom. The van der Waals surface area contributed by atoms with Crippen molar-refractivity contribution in [2.75, 3.05) is 6.61 Å². The van der Waals surface area contributed by atoms with Crippen molar-refractivity contribution >= 4 is 17.6 Å². The summed E-state index contributed by atoms with van der Waals surface area (Å²) >= 11 is 5.96. The van der Waals surface area contributed by atoms with E-state index in [1.165, 1.54) is 6.92 Å². The highest BCUT2D eigenvalue weighted by Crippen LogP contribution is 2.31. The molecule has 0 spiro atoms. The van der Waals surface area contributed by atoms with Crippen molar-refractivity contribution in [1.29, 1.82) is 0 Å². The van der Waals surface area contributed by atoms with Crippen LogP contribution in [0.15, 0.2) is 42.7 Å². The fraction of sp³-hybridized carbons (Fsp3) is 0.375. The second-order valence-electron chi connectivity index (χ2n) is 8.48. The van der Waals surface area contributed by atoms with Gasteiger partial charge in [-0.25, -0.2) is 9.67 Å². The topological polar surface area (TPSA) is 66.2 Å². The summed E-state index contributed by atoms with van der Waals surface area (Å²) in [5, 5.41) is 5.38. The molecule has 0 bridgehead atoms. The molecule has 0 aliphatic rings. The van der Waals surface area contributed by atoms with E-state index in [1.807, 2.05) is 31.3 Å². The zero-order chi connectivity index (χ0) is 22.6. The van der Waals surface area contributed by atoms with E-state index in [1.54, 1.807) is 23.0 Å². The molecule has 0 unspecified atom stereocenters. The molecule has 0 amide bonds. The second kappa shape index (κ2) is 9.52. The number of hydrogen-bond acceptors (Lipinski definition) is 5. The Balaban J connectivity index is 1.72. The summed E-state index contributed by atoms with van der Waals surface area (Å²) in [5.74, 6) is 1.41. The quantitative estimate of drug-likeness (QED) is 0.276. The molecule has 0 aliphatic carbocycles. The fourth-order valence-electron chi connectivity index (χ4n) is 3.33. The molecule has 31 heavy (non-hydrogen) atoms. The highest BCUT2D eigenvalue weighted by molar-refractivity contribution is 6.30. The van der Waals surface area contributed by atoms with Crippen molar-refractivity contribution in [3.8, 4) is 17.3 Å². The van der Waals surface area contributed by atoms with Crippen LogP contribution in [0.4, 0.5) is 0 Å². The molecule has 0 saturated heterocycles. The Morgan fingerprint density at radius 1 is 1.19 bits per heavy atom. The van der Waals surface area contributed by atoms with Crippen LogP contribution in [0.5, 0.6) is 11.5 Å². The van der Waals surface area contributed by atoms with Crippen molar-refractivity contribution in [2.45, 2.75) is 52.9 Å². The highest BCUT2D eigenvalue weighted by atomic mass is 35.5. The standard InChI is InChI=1S/C24H28ClN3O3/c1-16-8-6-10-20(31-17(2)29)22(16)30-13-7-9-18-15-28(27-23(18)24(3,4)5)21-12-11-19(25)14-26-21/h6,8,10-12,14-15H,7,9,13H2,1-5H3. The van der Waals surface area contributed by atoms with E-state index in [2.05, 4.69) is 25.8 Å². The normalized spacial score (nSPS) is 11.4. The monoisotopic (exact) mass is 441 g/mol. The van der Waals surface area contributed by atoms with Crippen molar-refractivity contribution in [3.05, 3.63) is 64.6 Å². The average Bonchev–Trinajstić information content (AvgIpc) is 3.12. The lowest BCUT2D eigenvalue weighted by atomic mass is 9.88. The van der Waals surface area contributed by atoms with Crippen LogP contribution in [0.3, 0.4) is 0 Å². The molecular formula is C24H28ClN3O3. The molecule has 2 heterocycles. The van der Waals surface area contributed by atoms with Crippen molar-refractivity contribution in [2.24, 2.45) is 0 Å². The van der Waals surface area contributed by atoms with E-state index in [4.69, 9.17) is 26.2 Å². The van der Waals surface area contributed by atoms with Gasteiger partial charge in [-0.2, -0.15) is 5.10 Å². The first-order valence-corrected chi connectivity index (χ1v) is 10.6. The minimum Gasteiger partial charge on any atom is -0.489 e. The molecule has 3 aromatic rings. The van der Waals surface area contributed by atoms with Crippen LogP contribution >= 0.6 is 11.6 Å². The van der Waals surface area contributed by atoms with Gasteiger partial charge >= 0.3 is 5.97 Å². The lowest BCUT2D eigenvalue weighted by Gasteiger charge is -2.17. The number of benzene rings is 1. The third kappa shape index (κ3) is 5.85. The van der Waals surface area contributed by atoms with Crippen LogP contribution in [0.2, 0.25) is 5.02 Å². The van der Waals surface area contributed by atoms with E-state index in [0.717, 1.165) is 35.5 Å². The smallest absolute Gasteiger partial charge is 0.308 e. The molecular weight excluding hydrogens is 414 g/mol. The van der Waals surface area contributed by atoms with Gasteiger partial charge in [-0.05, 0) is 49.1 Å². The lowest BCUT2D eigenvalue weighted by molar-refractivity contribution is -0.132. The van der Waals surface area contributed by atoms with Gasteiger partial charge in [-0.3, -0.25) is 4.79 Å². The SMILES string of the molecule is CC(=O)Oc1cccc(C)c1OCCCc1cn(-c2ccc(Cl)cn2)nc1C(C)(C)C. The zero-order valence-electron chi connectivity index (χ0n) is 18.6. The number of hydrogen-bond donors (Lipinski definition) is 0. The second-order valence-corrected chi connectivity index (χ2v) is 8.92. The molecule has 0 saturated carbocycles. The maximum absolute atomic E-state index is 11.4. The summed E-state index contributed by atoms with van der Waals surface area (Å²) < 4.78 is 13.1. The maximum atomic E-state index is 11.4. The first kappa shape index (κ1) is 22.8. The Labute approximate surface area is 188 Å². The van der Waals surface area contributed by atoms with E-state index < -0.39 is 0 Å². The Morgan fingerprint density at radius 2 is 1.97 bits per heavy atom. The van der Waals surface area contributed by atoms with Gasteiger partial charge in [0.05, 0.1) is 17.3 Å². The first-order valence-electron chi connectivity index (χ1n) is 10.3. The summed E-state index contributed by atoms with van der Waals surface area (Å²) in [5.41, 5.74) is 3.00. The predicted molar refractivity (Wildman–Crippen MR) is 121 cm³/mol. The number of esters is 1. The van der Waals surface area contributed by atoms with Crippen molar-refractivity contribution < 1.29 is 14.3 Å². The molecule has 7 heteroatoms. The van der Waals surface area contributed by atoms with Gasteiger partial charge in [0.1, 0.15) is 0 Å². The third-order valence-corrected chi connectivity index (χ3v) is 4.94. The number of halogens is 1. The third-order valence-electron chi connectivity index (χ3n) is 4.71. The van der Waals surface area contributed by atoms with Gasteiger partial charge in [0.15, 0.2) is 17.3 Å². The largest absolute Gasteiger partial charge is 0.489 e. The minimum atomic E-state index is -0.367. The summed E-state index contributed by atoms with van der Waals surface area (Å²) in [4.78, 5) is 15.7. The van der Waals surface area contributed by atoms with Crippen LogP contribution in [-0.2, 0) is 16.6 Å². The van der Waals surface area contributed by atoms with Gasteiger partial charge in [-0.1, -0.05) is 44.5 Å². The van der Waals surface area contributed by atoms with E-state index >= 15 is 0 Å². The van der Waals surface area contributed by atoms with Gasteiger partial charge in [0, 0.05) is 24.7 Å². The molecule has 0 aliphatic heterocycles. The number of pyridine rings is 1. The summed E-state index contributed by atoms with van der Waals surface area (Å²) in [6.45, 7) is 10.2. The Hall–Kier alpha value is -2.86. The van der Waals surface area contributed by atoms with Crippen LogP contribution in [0.25, 0.3) is 5.82 Å². The summed E-state index contributed by atoms with van der Waals surface area (Å²) in [6, 6.07) is 9.17. The first-order chi connectivity index (χ1) is 14.6. The number of para-hydroxylation sites is 1. The Bertz CT molecular complexity index is 1050. The van der Waals surface area contributed by atoms with Crippen LogP contribution < -0.4 is 9.47 Å². The van der Waals surface area contributed by atoms with E-state index in [0.29, 0.717) is 23.1 Å². The van der Waals surface area contributed by atoms with Crippen molar-refractivity contribution in [3.63, 3.8) is 0 Å². The van der Waals surface area contributed by atoms with Gasteiger partial charge in [0.25, 0.3) is 0 Å². The summed E-state index contributed by atoms with van der Waals surface area (Å²) in [6.07, 6.45) is 5.23. The number of aryl methyl sites for hydroxylation is 2. The zero-order valence-corrected chi connectivity index (χ0v) is 19.4. The van der Waals surface area contributed by atoms with Crippen molar-refractivity contribution in [1.82, 2.24) is 14.8 Å². The highest BCUT2D eigenvalue weighted by Gasteiger charge is 2.23. The molecule has 6 nitrogen and oxygen atoms in total. The molecule has 0 radical (unpaired) electrons. The van der Waals surface area contributed by atoms with Gasteiger partial charge in [-0.15, -0.1) is 0 Å². The minimum absolute atomic E-state index is 0.105. The van der Waals surface area contributed by atoms with E-state index in [-0.39, 0.29) is 11.4 Å². The average molecular weight is 442 g/mol. The molecule has 0 atom stereocenters. The molecule has 1 aromatic carbocycles. The fourth-order valence-corrected chi connectivity index (χ4v) is 3.44. The van der Waals surface area contributed by atoms with E-state index in [9.17, 15) is 4.79 Å². The lowest BCUT2D eigenvalue weighted by Crippen LogP contribution is -2.15. The predicted octanol–water partition coefficient (Wildman–Crippen LogP) is 5.46. The number of nitrogens with zero attached hydrogens (tertiary/aromatic N) is 3. The molecule has 0 N–H and O–H groups in total. The number of ether oxygens (including phenoxy) is 2. The van der Waals surface area contributed by atoms with Crippen LogP contribution in [-0.4, -0.2) is 27.3 Å². The van der Waals surface area contributed by atoms with Gasteiger partial charge < -0.3 is 9.47 Å².